The number of halogens is 1. The SMILES string of the molecule is COC(=O)[C@H]1C2CCC(C[C@H]1c1ccc(I)cc1)N2. The zero-order valence-electron chi connectivity index (χ0n) is 10.9. The van der Waals surface area contributed by atoms with E-state index in [1.54, 1.807) is 0 Å². The highest BCUT2D eigenvalue weighted by atomic mass is 127. The molecule has 1 aromatic carbocycles. The Bertz CT molecular complexity index is 474. The van der Waals surface area contributed by atoms with Crippen molar-refractivity contribution < 1.29 is 9.53 Å². The topological polar surface area (TPSA) is 38.3 Å². The van der Waals surface area contributed by atoms with Gasteiger partial charge in [-0.1, -0.05) is 12.1 Å². The molecule has 2 aliphatic heterocycles. The van der Waals surface area contributed by atoms with Crippen molar-refractivity contribution in [1.29, 1.82) is 0 Å². The molecule has 1 aromatic rings. The number of carbonyl (C=O) groups is 1. The van der Waals surface area contributed by atoms with Gasteiger partial charge in [-0.2, -0.15) is 0 Å². The van der Waals surface area contributed by atoms with Crippen LogP contribution in [0.3, 0.4) is 0 Å². The number of piperidine rings is 1. The third kappa shape index (κ3) is 2.52. The lowest BCUT2D eigenvalue weighted by Gasteiger charge is -2.36. The van der Waals surface area contributed by atoms with Gasteiger partial charge in [0.15, 0.2) is 0 Å². The Kier molecular flexibility index (Phi) is 3.80. The van der Waals surface area contributed by atoms with Crippen LogP contribution in [-0.4, -0.2) is 25.2 Å². The highest BCUT2D eigenvalue weighted by Crippen LogP contribution is 2.42. The molecule has 3 nitrogen and oxygen atoms in total. The number of nitrogens with one attached hydrogen (secondary N) is 1. The van der Waals surface area contributed by atoms with Crippen molar-refractivity contribution in [2.75, 3.05) is 7.11 Å². The van der Waals surface area contributed by atoms with Gasteiger partial charge in [-0.05, 0) is 59.5 Å². The summed E-state index contributed by atoms with van der Waals surface area (Å²) in [5.41, 5.74) is 1.27. The number of rotatable bonds is 2. The molecule has 0 saturated carbocycles. The molecule has 0 amide bonds. The molecule has 1 N–H and O–H groups in total. The largest absolute Gasteiger partial charge is 0.469 e. The summed E-state index contributed by atoms with van der Waals surface area (Å²) >= 11 is 2.31. The van der Waals surface area contributed by atoms with Crippen molar-refractivity contribution in [2.45, 2.75) is 37.3 Å². The van der Waals surface area contributed by atoms with Crippen molar-refractivity contribution in [3.63, 3.8) is 0 Å². The normalized spacial score (nSPS) is 33.2. The molecule has 0 aliphatic carbocycles. The molecule has 0 radical (unpaired) electrons. The van der Waals surface area contributed by atoms with Crippen LogP contribution in [0.25, 0.3) is 0 Å². The van der Waals surface area contributed by atoms with Crippen LogP contribution in [0.4, 0.5) is 0 Å². The first-order chi connectivity index (χ1) is 9.19. The maximum absolute atomic E-state index is 12.1. The van der Waals surface area contributed by atoms with Gasteiger partial charge in [0.25, 0.3) is 0 Å². The van der Waals surface area contributed by atoms with Crippen molar-refractivity contribution >= 4 is 28.6 Å². The van der Waals surface area contributed by atoms with Crippen molar-refractivity contribution in [2.24, 2.45) is 5.92 Å². The molecule has 2 unspecified atom stereocenters. The second kappa shape index (κ2) is 5.40. The molecule has 3 rings (SSSR count). The van der Waals surface area contributed by atoms with E-state index in [1.165, 1.54) is 22.7 Å². The fourth-order valence-electron chi connectivity index (χ4n) is 3.57. The Morgan fingerprint density at radius 2 is 2.05 bits per heavy atom. The van der Waals surface area contributed by atoms with E-state index in [0.29, 0.717) is 12.0 Å². The number of ether oxygens (including phenoxy) is 1. The summed E-state index contributed by atoms with van der Waals surface area (Å²) in [6.07, 6.45) is 3.31. The van der Waals surface area contributed by atoms with Crippen LogP contribution >= 0.6 is 22.6 Å². The third-order valence-electron chi connectivity index (χ3n) is 4.45. The standard InChI is InChI=1S/C15H18INO2/c1-19-15(18)14-12(8-11-6-7-13(14)17-11)9-2-4-10(16)5-3-9/h2-5,11-14,17H,6-8H2,1H3/t11?,12-,13?,14+/m0/s1. The van der Waals surface area contributed by atoms with Crippen molar-refractivity contribution in [3.8, 4) is 0 Å². The fourth-order valence-corrected chi connectivity index (χ4v) is 3.93. The summed E-state index contributed by atoms with van der Waals surface area (Å²) in [4.78, 5) is 12.1. The van der Waals surface area contributed by atoms with E-state index in [2.05, 4.69) is 52.2 Å². The maximum atomic E-state index is 12.1. The van der Waals surface area contributed by atoms with Gasteiger partial charge >= 0.3 is 5.97 Å². The number of benzene rings is 1. The number of esters is 1. The van der Waals surface area contributed by atoms with E-state index in [0.717, 1.165) is 12.8 Å². The average Bonchev–Trinajstić information content (AvgIpc) is 2.80. The lowest BCUT2D eigenvalue weighted by Crippen LogP contribution is -2.48. The molecular formula is C15H18INO2. The Labute approximate surface area is 127 Å². The molecule has 2 saturated heterocycles. The fraction of sp³-hybridized carbons (Fsp3) is 0.533. The second-order valence-electron chi connectivity index (χ2n) is 5.49. The number of hydrogen-bond acceptors (Lipinski definition) is 3. The average molecular weight is 371 g/mol. The van der Waals surface area contributed by atoms with Gasteiger partial charge < -0.3 is 10.1 Å². The van der Waals surface area contributed by atoms with E-state index in [-0.39, 0.29) is 17.9 Å². The van der Waals surface area contributed by atoms with Gasteiger partial charge in [-0.3, -0.25) is 4.79 Å². The van der Waals surface area contributed by atoms with Gasteiger partial charge in [0.2, 0.25) is 0 Å². The minimum atomic E-state index is -0.0681. The smallest absolute Gasteiger partial charge is 0.310 e. The third-order valence-corrected chi connectivity index (χ3v) is 5.17. The lowest BCUT2D eigenvalue weighted by atomic mass is 9.77. The first-order valence-electron chi connectivity index (χ1n) is 6.78. The number of carbonyl (C=O) groups excluding carboxylic acids is 1. The van der Waals surface area contributed by atoms with Crippen LogP contribution in [0, 0.1) is 9.49 Å². The van der Waals surface area contributed by atoms with Gasteiger partial charge in [0.1, 0.15) is 0 Å². The molecule has 0 spiro atoms. The minimum absolute atomic E-state index is 0.0381. The molecule has 4 atom stereocenters. The molecule has 102 valence electrons. The van der Waals surface area contributed by atoms with Crippen LogP contribution < -0.4 is 5.32 Å². The summed E-state index contributed by atoms with van der Waals surface area (Å²) in [6, 6.07) is 9.41. The van der Waals surface area contributed by atoms with Gasteiger partial charge in [-0.15, -0.1) is 0 Å². The summed E-state index contributed by atoms with van der Waals surface area (Å²) < 4.78 is 6.26. The number of fused-ring (bicyclic) bond motifs is 2. The molecular weight excluding hydrogens is 353 g/mol. The van der Waals surface area contributed by atoms with Crippen LogP contribution in [0.2, 0.25) is 0 Å². The molecule has 2 heterocycles. The second-order valence-corrected chi connectivity index (χ2v) is 6.74. The highest BCUT2D eigenvalue weighted by Gasteiger charge is 2.46. The minimum Gasteiger partial charge on any atom is -0.469 e. The number of hydrogen-bond donors (Lipinski definition) is 1. The Balaban J connectivity index is 1.92. The summed E-state index contributed by atoms with van der Waals surface area (Å²) in [5, 5.41) is 3.56. The number of methoxy groups -OCH3 is 1. The summed E-state index contributed by atoms with van der Waals surface area (Å²) in [5.74, 6) is 0.188. The first-order valence-corrected chi connectivity index (χ1v) is 7.86. The summed E-state index contributed by atoms with van der Waals surface area (Å²) in [7, 11) is 1.49. The zero-order valence-corrected chi connectivity index (χ0v) is 13.1. The Morgan fingerprint density at radius 1 is 1.32 bits per heavy atom. The van der Waals surface area contributed by atoms with Gasteiger partial charge in [-0.25, -0.2) is 0 Å². The maximum Gasteiger partial charge on any atom is 0.310 e. The zero-order chi connectivity index (χ0) is 13.4. The first kappa shape index (κ1) is 13.4. The molecule has 2 fully saturated rings. The molecule has 19 heavy (non-hydrogen) atoms. The Morgan fingerprint density at radius 3 is 2.74 bits per heavy atom. The van der Waals surface area contributed by atoms with Crippen LogP contribution in [-0.2, 0) is 9.53 Å². The van der Waals surface area contributed by atoms with E-state index >= 15 is 0 Å². The molecule has 2 aliphatic rings. The quantitative estimate of drug-likeness (QED) is 0.642. The van der Waals surface area contributed by atoms with Crippen molar-refractivity contribution in [1.82, 2.24) is 5.32 Å². The van der Waals surface area contributed by atoms with E-state index in [4.69, 9.17) is 4.74 Å². The molecule has 4 heteroatoms. The molecule has 2 bridgehead atoms. The molecule has 0 aromatic heterocycles. The van der Waals surface area contributed by atoms with Crippen LogP contribution in [0.1, 0.15) is 30.7 Å². The van der Waals surface area contributed by atoms with Crippen LogP contribution in [0.15, 0.2) is 24.3 Å². The summed E-state index contributed by atoms with van der Waals surface area (Å²) in [6.45, 7) is 0. The van der Waals surface area contributed by atoms with E-state index < -0.39 is 0 Å². The highest BCUT2D eigenvalue weighted by molar-refractivity contribution is 14.1. The Hall–Kier alpha value is -0.620. The van der Waals surface area contributed by atoms with Crippen molar-refractivity contribution in [3.05, 3.63) is 33.4 Å². The van der Waals surface area contributed by atoms with Gasteiger partial charge in [0.05, 0.1) is 13.0 Å². The van der Waals surface area contributed by atoms with E-state index in [9.17, 15) is 4.79 Å². The van der Waals surface area contributed by atoms with E-state index in [1.807, 2.05) is 0 Å². The van der Waals surface area contributed by atoms with Crippen LogP contribution in [0.5, 0.6) is 0 Å². The predicted octanol–water partition coefficient (Wildman–Crippen LogP) is 2.69. The van der Waals surface area contributed by atoms with Gasteiger partial charge in [0, 0.05) is 21.6 Å². The monoisotopic (exact) mass is 371 g/mol. The predicted molar refractivity (Wildman–Crippen MR) is 82.0 cm³/mol. The lowest BCUT2D eigenvalue weighted by molar-refractivity contribution is -0.148.